The molecule has 2 fully saturated rings. The normalized spacial score (nSPS) is 23.0. The van der Waals surface area contributed by atoms with Crippen molar-refractivity contribution in [1.29, 1.82) is 0 Å². The maximum Gasteiger partial charge on any atom is 0.220 e. The molecule has 2 aliphatic heterocycles. The summed E-state index contributed by atoms with van der Waals surface area (Å²) >= 11 is 1.71. The van der Waals surface area contributed by atoms with Crippen LogP contribution in [0.4, 0.5) is 5.82 Å². The molecule has 2 aromatic rings. The summed E-state index contributed by atoms with van der Waals surface area (Å²) in [5.41, 5.74) is 0.659. The number of aliphatic hydroxyl groups excluding tert-OH is 1. The average Bonchev–Trinajstić information content (AvgIpc) is 2.65. The third-order valence-electron chi connectivity index (χ3n) is 5.59. The van der Waals surface area contributed by atoms with E-state index in [1.165, 1.54) is 4.90 Å². The topological polar surface area (TPSA) is 78.4 Å². The van der Waals surface area contributed by atoms with E-state index in [1.807, 2.05) is 6.07 Å². The number of amides is 1. The van der Waals surface area contributed by atoms with Crippen molar-refractivity contribution >= 4 is 34.4 Å². The van der Waals surface area contributed by atoms with E-state index in [0.717, 1.165) is 42.7 Å². The number of hydrogen-bond acceptors (Lipinski definition) is 6. The van der Waals surface area contributed by atoms with Crippen LogP contribution in [0.5, 0.6) is 0 Å². The molecule has 25 heavy (non-hydrogen) atoms. The highest BCUT2D eigenvalue weighted by Crippen LogP contribution is 2.41. The zero-order valence-electron chi connectivity index (χ0n) is 14.2. The Morgan fingerprint density at radius 1 is 1.32 bits per heavy atom. The van der Waals surface area contributed by atoms with Gasteiger partial charge in [0.2, 0.25) is 5.91 Å². The Hall–Kier alpha value is -1.86. The van der Waals surface area contributed by atoms with E-state index in [9.17, 15) is 9.90 Å². The van der Waals surface area contributed by atoms with Crippen molar-refractivity contribution < 1.29 is 9.90 Å². The molecule has 3 heterocycles. The number of benzene rings is 1. The standard InChI is InChI=1S/C18H22N4O2S/c1-25-12-2-3-14-13(8-12)17(21-11-20-14)22-6-4-18(5-7-22)9-16(24)19-10-15(18)23/h2-3,8,11,15,23H,4-7,9-10H2,1H3,(H,19,24). The highest BCUT2D eigenvalue weighted by atomic mass is 32.2. The van der Waals surface area contributed by atoms with Gasteiger partial charge in [-0.3, -0.25) is 4.79 Å². The number of carbonyl (C=O) groups is 1. The van der Waals surface area contributed by atoms with Crippen molar-refractivity contribution in [1.82, 2.24) is 15.3 Å². The summed E-state index contributed by atoms with van der Waals surface area (Å²) < 4.78 is 0. The molecular formula is C18H22N4O2S. The van der Waals surface area contributed by atoms with Crippen molar-refractivity contribution in [2.75, 3.05) is 30.8 Å². The van der Waals surface area contributed by atoms with E-state index in [4.69, 9.17) is 0 Å². The molecule has 1 aromatic carbocycles. The highest BCUT2D eigenvalue weighted by molar-refractivity contribution is 7.98. The lowest BCUT2D eigenvalue weighted by Crippen LogP contribution is -2.56. The molecule has 132 valence electrons. The van der Waals surface area contributed by atoms with Gasteiger partial charge in [0, 0.05) is 41.8 Å². The lowest BCUT2D eigenvalue weighted by atomic mass is 9.69. The molecule has 0 bridgehead atoms. The first-order valence-corrected chi connectivity index (χ1v) is 9.82. The third kappa shape index (κ3) is 2.95. The maximum atomic E-state index is 11.8. The molecule has 0 radical (unpaired) electrons. The summed E-state index contributed by atoms with van der Waals surface area (Å²) in [7, 11) is 0. The fourth-order valence-electron chi connectivity index (χ4n) is 4.00. The Morgan fingerprint density at radius 3 is 2.88 bits per heavy atom. The van der Waals surface area contributed by atoms with Crippen molar-refractivity contribution in [3.63, 3.8) is 0 Å². The van der Waals surface area contributed by atoms with Crippen molar-refractivity contribution in [2.45, 2.75) is 30.3 Å². The predicted molar refractivity (Wildman–Crippen MR) is 98.8 cm³/mol. The summed E-state index contributed by atoms with van der Waals surface area (Å²) in [6, 6.07) is 6.25. The Bertz CT molecular complexity index is 805. The Morgan fingerprint density at radius 2 is 2.12 bits per heavy atom. The van der Waals surface area contributed by atoms with Gasteiger partial charge in [-0.15, -0.1) is 11.8 Å². The molecule has 0 saturated carbocycles. The molecule has 1 amide bonds. The van der Waals surface area contributed by atoms with Gasteiger partial charge in [-0.2, -0.15) is 0 Å². The van der Waals surface area contributed by atoms with Crippen LogP contribution < -0.4 is 10.2 Å². The van der Waals surface area contributed by atoms with E-state index >= 15 is 0 Å². The summed E-state index contributed by atoms with van der Waals surface area (Å²) in [4.78, 5) is 24.2. The van der Waals surface area contributed by atoms with Crippen molar-refractivity contribution in [3.8, 4) is 0 Å². The van der Waals surface area contributed by atoms with E-state index in [-0.39, 0.29) is 11.3 Å². The van der Waals surface area contributed by atoms with Crippen LogP contribution in [0.3, 0.4) is 0 Å². The van der Waals surface area contributed by atoms with Gasteiger partial charge in [0.05, 0.1) is 11.6 Å². The number of hydrogen-bond donors (Lipinski definition) is 2. The SMILES string of the molecule is CSc1ccc2ncnc(N3CCC4(CC3)CC(=O)NCC4O)c2c1. The predicted octanol–water partition coefficient (Wildman–Crippen LogP) is 1.82. The lowest BCUT2D eigenvalue weighted by Gasteiger charge is -2.47. The van der Waals surface area contributed by atoms with Crippen LogP contribution in [0.2, 0.25) is 0 Å². The number of aromatic nitrogens is 2. The molecular weight excluding hydrogens is 336 g/mol. The van der Waals surface area contributed by atoms with Crippen LogP contribution in [0.1, 0.15) is 19.3 Å². The molecule has 1 spiro atoms. The molecule has 2 saturated heterocycles. The quantitative estimate of drug-likeness (QED) is 0.798. The summed E-state index contributed by atoms with van der Waals surface area (Å²) in [6.45, 7) is 1.95. The Kier molecular flexibility index (Phi) is 4.29. The summed E-state index contributed by atoms with van der Waals surface area (Å²) in [6.07, 6.45) is 5.24. The van der Waals surface area contributed by atoms with Crippen LogP contribution >= 0.6 is 11.8 Å². The molecule has 1 aromatic heterocycles. The van der Waals surface area contributed by atoms with Crippen LogP contribution in [-0.4, -0.2) is 53.0 Å². The van der Waals surface area contributed by atoms with E-state index in [0.29, 0.717) is 13.0 Å². The van der Waals surface area contributed by atoms with E-state index < -0.39 is 6.10 Å². The molecule has 1 unspecified atom stereocenters. The second kappa shape index (κ2) is 6.46. The first-order chi connectivity index (χ1) is 12.1. The molecule has 4 rings (SSSR count). The zero-order chi connectivity index (χ0) is 17.4. The van der Waals surface area contributed by atoms with Crippen LogP contribution in [0.25, 0.3) is 10.9 Å². The molecule has 6 nitrogen and oxygen atoms in total. The molecule has 0 aliphatic carbocycles. The minimum Gasteiger partial charge on any atom is -0.391 e. The smallest absolute Gasteiger partial charge is 0.220 e. The number of fused-ring (bicyclic) bond motifs is 1. The average molecular weight is 358 g/mol. The monoisotopic (exact) mass is 358 g/mol. The summed E-state index contributed by atoms with van der Waals surface area (Å²) in [5.74, 6) is 1.00. The van der Waals surface area contributed by atoms with Gasteiger partial charge >= 0.3 is 0 Å². The van der Waals surface area contributed by atoms with Crippen LogP contribution in [0.15, 0.2) is 29.4 Å². The number of thioether (sulfide) groups is 1. The van der Waals surface area contributed by atoms with Gasteiger partial charge < -0.3 is 15.3 Å². The number of nitrogens with one attached hydrogen (secondary N) is 1. The fourth-order valence-corrected chi connectivity index (χ4v) is 4.44. The van der Waals surface area contributed by atoms with Crippen LogP contribution in [-0.2, 0) is 4.79 Å². The number of rotatable bonds is 2. The van der Waals surface area contributed by atoms with Gasteiger partial charge in [-0.1, -0.05) is 0 Å². The molecule has 1 atom stereocenters. The largest absolute Gasteiger partial charge is 0.391 e. The number of β-amino-alcohol motifs (C(OH)–C–C–N with tert-alkyl or cyclic N) is 1. The number of piperidine rings is 2. The molecule has 7 heteroatoms. The Labute approximate surface area is 151 Å². The second-order valence-electron chi connectivity index (χ2n) is 6.93. The second-order valence-corrected chi connectivity index (χ2v) is 7.81. The van der Waals surface area contributed by atoms with Gasteiger partial charge in [0.1, 0.15) is 12.1 Å². The highest BCUT2D eigenvalue weighted by Gasteiger charge is 2.45. The summed E-state index contributed by atoms with van der Waals surface area (Å²) in [5, 5.41) is 14.3. The number of carbonyl (C=O) groups excluding carboxylic acids is 1. The maximum absolute atomic E-state index is 11.8. The van der Waals surface area contributed by atoms with Gasteiger partial charge in [0.25, 0.3) is 0 Å². The fraction of sp³-hybridized carbons (Fsp3) is 0.500. The minimum atomic E-state index is -0.461. The first kappa shape index (κ1) is 16.6. The van der Waals surface area contributed by atoms with Crippen molar-refractivity contribution in [3.05, 3.63) is 24.5 Å². The minimum absolute atomic E-state index is 0.0517. The first-order valence-electron chi connectivity index (χ1n) is 8.60. The third-order valence-corrected chi connectivity index (χ3v) is 6.32. The van der Waals surface area contributed by atoms with E-state index in [2.05, 4.69) is 38.6 Å². The zero-order valence-corrected chi connectivity index (χ0v) is 15.1. The van der Waals surface area contributed by atoms with Crippen molar-refractivity contribution in [2.24, 2.45) is 5.41 Å². The van der Waals surface area contributed by atoms with Gasteiger partial charge in [0.15, 0.2) is 0 Å². The number of aliphatic hydroxyl groups is 1. The Balaban J connectivity index is 1.60. The number of anilines is 1. The molecule has 2 aliphatic rings. The van der Waals surface area contributed by atoms with Gasteiger partial charge in [-0.25, -0.2) is 9.97 Å². The van der Waals surface area contributed by atoms with E-state index in [1.54, 1.807) is 18.1 Å². The van der Waals surface area contributed by atoms with Crippen LogP contribution in [0, 0.1) is 5.41 Å². The molecule has 2 N–H and O–H groups in total. The number of nitrogens with zero attached hydrogens (tertiary/aromatic N) is 3. The van der Waals surface area contributed by atoms with Gasteiger partial charge in [-0.05, 0) is 37.3 Å². The lowest BCUT2D eigenvalue weighted by molar-refractivity contribution is -0.132.